The van der Waals surface area contributed by atoms with E-state index in [1.54, 1.807) is 0 Å². The topological polar surface area (TPSA) is 113 Å². The minimum atomic E-state index is -2.86. The molecule has 0 spiro atoms. The Bertz CT molecular complexity index is 1590. The molecule has 8 rings (SSSR count). The number of nitrogens with zero attached hydrogens (tertiary/aromatic N) is 1. The first kappa shape index (κ1) is 38.7. The van der Waals surface area contributed by atoms with Crippen molar-refractivity contribution >= 4 is 21.8 Å². The molecule has 0 aromatic heterocycles. The van der Waals surface area contributed by atoms with Gasteiger partial charge in [-0.1, -0.05) is 55.4 Å². The number of aliphatic carboxylic acids is 1. The lowest BCUT2D eigenvalue weighted by molar-refractivity contribution is -0.249. The lowest BCUT2D eigenvalue weighted by Gasteiger charge is -2.73. The number of hydrogen-bond donors (Lipinski definition) is 2. The molecule has 8 nitrogen and oxygen atoms in total. The molecule has 0 radical (unpaired) electrons. The number of esters is 1. The molecule has 53 heavy (non-hydrogen) atoms. The van der Waals surface area contributed by atoms with Crippen LogP contribution in [0.1, 0.15) is 139 Å². The van der Waals surface area contributed by atoms with Crippen molar-refractivity contribution in [2.75, 3.05) is 37.7 Å². The largest absolute Gasteiger partial charge is 0.481 e. The number of carboxylic acid groups (broad SMARTS) is 1. The van der Waals surface area contributed by atoms with Gasteiger partial charge in [-0.05, 0) is 140 Å². The summed E-state index contributed by atoms with van der Waals surface area (Å²) in [5.41, 5.74) is 0.753. The van der Waals surface area contributed by atoms with E-state index in [1.165, 1.54) is 64.2 Å². The fourth-order valence-corrected chi connectivity index (χ4v) is 17.1. The van der Waals surface area contributed by atoms with Gasteiger partial charge < -0.3 is 20.1 Å². The monoisotopic (exact) mass is 757 g/mol. The van der Waals surface area contributed by atoms with Crippen LogP contribution in [0.25, 0.3) is 0 Å². The number of sulfone groups is 1. The van der Waals surface area contributed by atoms with Crippen LogP contribution in [0.4, 0.5) is 0 Å². The van der Waals surface area contributed by atoms with Gasteiger partial charge >= 0.3 is 11.9 Å². The van der Waals surface area contributed by atoms with Crippen LogP contribution in [0.5, 0.6) is 0 Å². The summed E-state index contributed by atoms with van der Waals surface area (Å²) in [7, 11) is -2.86. The predicted octanol–water partition coefficient (Wildman–Crippen LogP) is 7.60. The second-order valence-corrected chi connectivity index (χ2v) is 24.7. The molecule has 1 heterocycles. The summed E-state index contributed by atoms with van der Waals surface area (Å²) in [5, 5.41) is 13.9. The molecular formula is C44H72N2O6S. The van der Waals surface area contributed by atoms with Crippen LogP contribution in [0.3, 0.4) is 0 Å². The summed E-state index contributed by atoms with van der Waals surface area (Å²) in [6, 6.07) is 0. The summed E-state index contributed by atoms with van der Waals surface area (Å²) in [6.45, 7) is 22.5. The number of rotatable bonds is 8. The molecular weight excluding hydrogens is 685 g/mol. The molecule has 0 unspecified atom stereocenters. The average molecular weight is 757 g/mol. The maximum Gasteiger partial charge on any atom is 0.309 e. The van der Waals surface area contributed by atoms with Crippen molar-refractivity contribution < 1.29 is 27.9 Å². The standard InChI is InChI=1S/C44H72N2O6S/c1-38(2)30(36(47)48)27-31(38)37(49)52-34-13-14-41(6)32(39(34,3)4)12-15-43(8)33(41)10-9-29-35-28(40(5)17-18-40)11-16-44(35,20-19-42(29,43)7)45-21-22-46-23-25-53(50,51)26-24-46/h28-35,45H,9-27H2,1-8H3,(H,47,48)/t28-,29-,30+,31-,32+,33-,34+,35-,41+,42-,43-,44+/m1/s1. The minimum absolute atomic E-state index is 0.127. The van der Waals surface area contributed by atoms with E-state index < -0.39 is 27.1 Å². The third-order valence-corrected chi connectivity index (χ3v) is 21.4. The molecule has 2 N–H and O–H groups in total. The Morgan fingerprint density at radius 2 is 1.43 bits per heavy atom. The molecule has 1 saturated heterocycles. The first-order valence-corrected chi connectivity index (χ1v) is 23.6. The van der Waals surface area contributed by atoms with E-state index in [-0.39, 0.29) is 39.8 Å². The lowest BCUT2D eigenvalue weighted by atomic mass is 9.32. The second-order valence-electron chi connectivity index (χ2n) is 22.4. The number of carbonyl (C=O) groups excluding carboxylic acids is 1. The molecule has 0 amide bonds. The number of carbonyl (C=O) groups is 2. The maximum atomic E-state index is 13.6. The third-order valence-electron chi connectivity index (χ3n) is 19.8. The van der Waals surface area contributed by atoms with Crippen molar-refractivity contribution in [1.29, 1.82) is 0 Å². The van der Waals surface area contributed by atoms with Crippen molar-refractivity contribution in [3.8, 4) is 0 Å². The number of carboxylic acids is 1. The first-order chi connectivity index (χ1) is 24.6. The van der Waals surface area contributed by atoms with Crippen LogP contribution < -0.4 is 5.32 Å². The molecule has 0 aromatic carbocycles. The van der Waals surface area contributed by atoms with Gasteiger partial charge in [0, 0.05) is 37.1 Å². The van der Waals surface area contributed by atoms with E-state index in [1.807, 2.05) is 13.8 Å². The highest BCUT2D eigenvalue weighted by molar-refractivity contribution is 7.91. The Morgan fingerprint density at radius 1 is 0.736 bits per heavy atom. The zero-order valence-corrected chi connectivity index (χ0v) is 35.2. The molecule has 0 bridgehead atoms. The molecule has 9 heteroatoms. The average Bonchev–Trinajstić information content (AvgIpc) is 3.69. The van der Waals surface area contributed by atoms with E-state index in [0.717, 1.165) is 37.8 Å². The Kier molecular flexibility index (Phi) is 9.05. The zero-order valence-electron chi connectivity index (χ0n) is 34.4. The molecule has 1 aliphatic heterocycles. The molecule has 7 saturated carbocycles. The SMILES string of the molecule is CC1([C@@H]2CC[C@]3(NCCN4CCS(=O)(=O)CC4)CC[C@]4(C)[C@H](CC[C@@H]5[C@@]6(C)CC[C@H](OC(=O)[C@H]7C[C@@H](C(=O)O)C7(C)C)C(C)(C)[C@@H]6CC[C@]54C)[C@@H]23)CC1. The van der Waals surface area contributed by atoms with E-state index in [9.17, 15) is 23.1 Å². The molecule has 0 aromatic rings. The van der Waals surface area contributed by atoms with Gasteiger partial charge in [-0.15, -0.1) is 0 Å². The fourth-order valence-electron chi connectivity index (χ4n) is 15.8. The second kappa shape index (κ2) is 12.4. The third kappa shape index (κ3) is 5.69. The Morgan fingerprint density at radius 3 is 2.08 bits per heavy atom. The van der Waals surface area contributed by atoms with E-state index in [0.29, 0.717) is 59.6 Å². The lowest BCUT2D eigenvalue weighted by Crippen LogP contribution is -2.69. The number of fused-ring (bicyclic) bond motifs is 7. The van der Waals surface area contributed by atoms with Gasteiger partial charge in [0.25, 0.3) is 0 Å². The van der Waals surface area contributed by atoms with Gasteiger partial charge in [-0.2, -0.15) is 0 Å². The van der Waals surface area contributed by atoms with Crippen LogP contribution in [0, 0.1) is 73.9 Å². The van der Waals surface area contributed by atoms with Crippen LogP contribution in [-0.4, -0.2) is 79.7 Å². The molecule has 8 aliphatic rings. The quantitative estimate of drug-likeness (QED) is 0.244. The highest BCUT2D eigenvalue weighted by Gasteiger charge is 2.72. The van der Waals surface area contributed by atoms with Crippen LogP contribution in [-0.2, 0) is 24.2 Å². The number of hydrogen-bond acceptors (Lipinski definition) is 7. The summed E-state index contributed by atoms with van der Waals surface area (Å²) in [5.74, 6) is 2.17. The van der Waals surface area contributed by atoms with Crippen molar-refractivity contribution in [2.45, 2.75) is 151 Å². The smallest absolute Gasteiger partial charge is 0.309 e. The maximum absolute atomic E-state index is 13.6. The van der Waals surface area contributed by atoms with Crippen molar-refractivity contribution in [3.05, 3.63) is 0 Å². The van der Waals surface area contributed by atoms with E-state index in [2.05, 4.69) is 51.8 Å². The summed E-state index contributed by atoms with van der Waals surface area (Å²) in [6.07, 6.45) is 15.3. The van der Waals surface area contributed by atoms with Gasteiger partial charge in [0.1, 0.15) is 6.10 Å². The highest BCUT2D eigenvalue weighted by Crippen LogP contribution is 2.78. The number of nitrogens with one attached hydrogen (secondary N) is 1. The highest BCUT2D eigenvalue weighted by atomic mass is 32.2. The van der Waals surface area contributed by atoms with Gasteiger partial charge in [0.15, 0.2) is 9.84 Å². The first-order valence-electron chi connectivity index (χ1n) is 21.7. The van der Waals surface area contributed by atoms with Crippen LogP contribution >= 0.6 is 0 Å². The molecule has 8 fully saturated rings. The summed E-state index contributed by atoms with van der Waals surface area (Å²) < 4.78 is 30.6. The normalized spacial score (nSPS) is 48.9. The predicted molar refractivity (Wildman–Crippen MR) is 208 cm³/mol. The zero-order chi connectivity index (χ0) is 38.2. The summed E-state index contributed by atoms with van der Waals surface area (Å²) in [4.78, 5) is 27.8. The van der Waals surface area contributed by atoms with Gasteiger partial charge in [-0.3, -0.25) is 9.59 Å². The summed E-state index contributed by atoms with van der Waals surface area (Å²) >= 11 is 0. The molecule has 300 valence electrons. The van der Waals surface area contributed by atoms with Crippen molar-refractivity contribution in [1.82, 2.24) is 10.2 Å². The van der Waals surface area contributed by atoms with Crippen molar-refractivity contribution in [3.63, 3.8) is 0 Å². The van der Waals surface area contributed by atoms with Gasteiger partial charge in [0.05, 0.1) is 23.3 Å². The Labute approximate surface area is 321 Å². The van der Waals surface area contributed by atoms with Crippen LogP contribution in [0.2, 0.25) is 0 Å². The Balaban J connectivity index is 1.00. The van der Waals surface area contributed by atoms with E-state index >= 15 is 0 Å². The number of ether oxygens (including phenoxy) is 1. The van der Waals surface area contributed by atoms with Gasteiger partial charge in [0.2, 0.25) is 0 Å². The van der Waals surface area contributed by atoms with Crippen molar-refractivity contribution in [2.24, 2.45) is 73.9 Å². The minimum Gasteiger partial charge on any atom is -0.481 e. The van der Waals surface area contributed by atoms with E-state index in [4.69, 9.17) is 4.74 Å². The van der Waals surface area contributed by atoms with Crippen LogP contribution in [0.15, 0.2) is 0 Å². The fraction of sp³-hybridized carbons (Fsp3) is 0.955. The molecule has 12 atom stereocenters. The Hall–Kier alpha value is -1.19. The molecule has 7 aliphatic carbocycles. The van der Waals surface area contributed by atoms with Gasteiger partial charge in [-0.25, -0.2) is 8.42 Å².